The topological polar surface area (TPSA) is 73.0 Å². The predicted octanol–water partition coefficient (Wildman–Crippen LogP) is 1.38. The van der Waals surface area contributed by atoms with Crippen LogP contribution in [0.2, 0.25) is 5.28 Å². The summed E-state index contributed by atoms with van der Waals surface area (Å²) in [5, 5.41) is 11.8. The largest absolute Gasteiger partial charge is 0.287 e. The number of carbonyl (C=O) groups excluding carboxylic acids is 1. The van der Waals surface area contributed by atoms with E-state index in [1.807, 2.05) is 18.2 Å². The molecule has 0 atom stereocenters. The summed E-state index contributed by atoms with van der Waals surface area (Å²) in [6.45, 7) is 0. The standard InChI is InChI=1S/C11H4ClN5O/c12-10-14-15-11-13-8-7(16-17(10)11)5-3-1-2-4-6(5)9(8)18/h1-4H. The van der Waals surface area contributed by atoms with Gasteiger partial charge in [-0.05, 0) is 11.6 Å². The van der Waals surface area contributed by atoms with Crippen LogP contribution in [0.25, 0.3) is 17.0 Å². The fourth-order valence-electron chi connectivity index (χ4n) is 2.06. The Morgan fingerprint density at radius 2 is 1.83 bits per heavy atom. The number of carbonyl (C=O) groups is 1. The summed E-state index contributed by atoms with van der Waals surface area (Å²) < 4.78 is 1.32. The highest BCUT2D eigenvalue weighted by Gasteiger charge is 2.30. The Kier molecular flexibility index (Phi) is 1.67. The molecule has 4 rings (SSSR count). The molecule has 18 heavy (non-hydrogen) atoms. The average molecular weight is 258 g/mol. The zero-order valence-electron chi connectivity index (χ0n) is 8.83. The van der Waals surface area contributed by atoms with Gasteiger partial charge in [0, 0.05) is 11.1 Å². The van der Waals surface area contributed by atoms with E-state index in [-0.39, 0.29) is 16.8 Å². The third-order valence-electron chi connectivity index (χ3n) is 2.86. The first-order valence-corrected chi connectivity index (χ1v) is 5.56. The summed E-state index contributed by atoms with van der Waals surface area (Å²) in [6.07, 6.45) is 0. The number of benzene rings is 1. The monoisotopic (exact) mass is 257 g/mol. The molecule has 0 aliphatic heterocycles. The van der Waals surface area contributed by atoms with Crippen molar-refractivity contribution in [3.8, 4) is 11.3 Å². The van der Waals surface area contributed by atoms with Crippen LogP contribution in [0.4, 0.5) is 0 Å². The van der Waals surface area contributed by atoms with Gasteiger partial charge in [0.25, 0.3) is 5.78 Å². The number of ketones is 1. The summed E-state index contributed by atoms with van der Waals surface area (Å²) in [7, 11) is 0. The van der Waals surface area contributed by atoms with E-state index in [2.05, 4.69) is 20.3 Å². The molecule has 0 saturated carbocycles. The number of halogens is 1. The van der Waals surface area contributed by atoms with E-state index in [1.165, 1.54) is 4.52 Å². The summed E-state index contributed by atoms with van der Waals surface area (Å²) in [6, 6.07) is 7.24. The minimum absolute atomic E-state index is 0.122. The average Bonchev–Trinajstić information content (AvgIpc) is 2.90. The zero-order chi connectivity index (χ0) is 12.3. The van der Waals surface area contributed by atoms with Gasteiger partial charge in [-0.3, -0.25) is 4.79 Å². The Balaban J connectivity index is 2.15. The molecule has 2 aromatic heterocycles. The lowest BCUT2D eigenvalue weighted by Crippen LogP contribution is -2.04. The SMILES string of the molecule is O=C1c2ccccc2-c2nn3c(Cl)nnc3nc21. The van der Waals surface area contributed by atoms with Crippen molar-refractivity contribution in [3.63, 3.8) is 0 Å². The van der Waals surface area contributed by atoms with E-state index in [4.69, 9.17) is 11.6 Å². The zero-order valence-corrected chi connectivity index (χ0v) is 9.59. The molecule has 2 heterocycles. The van der Waals surface area contributed by atoms with Crippen LogP contribution in [0.5, 0.6) is 0 Å². The lowest BCUT2D eigenvalue weighted by atomic mass is 10.1. The van der Waals surface area contributed by atoms with Crippen LogP contribution in [0.3, 0.4) is 0 Å². The van der Waals surface area contributed by atoms with Crippen molar-refractivity contribution in [1.82, 2.24) is 24.8 Å². The second kappa shape index (κ2) is 3.11. The maximum atomic E-state index is 12.1. The maximum absolute atomic E-state index is 12.1. The molecule has 1 aromatic carbocycles. The molecular weight excluding hydrogens is 254 g/mol. The van der Waals surface area contributed by atoms with Gasteiger partial charge >= 0.3 is 0 Å². The number of nitrogens with zero attached hydrogens (tertiary/aromatic N) is 5. The Labute approximate surface area is 105 Å². The second-order valence-electron chi connectivity index (χ2n) is 3.86. The van der Waals surface area contributed by atoms with Gasteiger partial charge in [-0.2, -0.15) is 9.61 Å². The summed E-state index contributed by atoms with van der Waals surface area (Å²) in [5.74, 6) is 0.0784. The minimum atomic E-state index is -0.144. The van der Waals surface area contributed by atoms with Gasteiger partial charge < -0.3 is 0 Å². The highest BCUT2D eigenvalue weighted by atomic mass is 35.5. The molecule has 86 valence electrons. The third-order valence-corrected chi connectivity index (χ3v) is 3.10. The van der Waals surface area contributed by atoms with Crippen LogP contribution in [0, 0.1) is 0 Å². The van der Waals surface area contributed by atoms with Gasteiger partial charge in [0.1, 0.15) is 11.4 Å². The molecule has 0 fully saturated rings. The summed E-state index contributed by atoms with van der Waals surface area (Å²) in [5.41, 5.74) is 2.18. The van der Waals surface area contributed by atoms with Crippen LogP contribution in [0.15, 0.2) is 24.3 Å². The quantitative estimate of drug-likeness (QED) is 0.476. The van der Waals surface area contributed by atoms with Crippen molar-refractivity contribution in [2.45, 2.75) is 0 Å². The molecular formula is C11H4ClN5O. The van der Waals surface area contributed by atoms with Gasteiger partial charge in [0.2, 0.25) is 11.1 Å². The normalized spacial score (nSPS) is 12.8. The molecule has 0 N–H and O–H groups in total. The van der Waals surface area contributed by atoms with Crippen LogP contribution in [0.1, 0.15) is 16.1 Å². The van der Waals surface area contributed by atoms with Gasteiger partial charge in [-0.25, -0.2) is 4.98 Å². The van der Waals surface area contributed by atoms with E-state index in [9.17, 15) is 4.79 Å². The highest BCUT2D eigenvalue weighted by molar-refractivity contribution is 6.28. The first-order chi connectivity index (χ1) is 8.75. The Bertz CT molecular complexity index is 825. The molecule has 3 aromatic rings. The first-order valence-electron chi connectivity index (χ1n) is 5.19. The smallest absolute Gasteiger partial charge is 0.273 e. The van der Waals surface area contributed by atoms with Gasteiger partial charge in [-0.15, -0.1) is 10.2 Å². The first kappa shape index (κ1) is 9.67. The molecule has 0 amide bonds. The van der Waals surface area contributed by atoms with Gasteiger partial charge in [0.05, 0.1) is 0 Å². The number of rotatable bonds is 0. The van der Waals surface area contributed by atoms with Gasteiger partial charge in [-0.1, -0.05) is 24.3 Å². The maximum Gasteiger partial charge on any atom is 0.273 e. The molecule has 1 aliphatic rings. The molecule has 0 spiro atoms. The van der Waals surface area contributed by atoms with Crippen LogP contribution in [-0.4, -0.2) is 30.6 Å². The van der Waals surface area contributed by atoms with E-state index in [1.54, 1.807) is 6.07 Å². The molecule has 0 radical (unpaired) electrons. The number of aromatic nitrogens is 5. The molecule has 0 saturated heterocycles. The summed E-state index contributed by atoms with van der Waals surface area (Å²) >= 11 is 5.84. The van der Waals surface area contributed by atoms with Crippen molar-refractivity contribution < 1.29 is 4.79 Å². The van der Waals surface area contributed by atoms with Gasteiger partial charge in [0.15, 0.2) is 0 Å². The van der Waals surface area contributed by atoms with Crippen molar-refractivity contribution >= 4 is 23.2 Å². The van der Waals surface area contributed by atoms with Crippen molar-refractivity contribution in [2.24, 2.45) is 0 Å². The number of fused-ring (bicyclic) bond motifs is 4. The van der Waals surface area contributed by atoms with Crippen LogP contribution < -0.4 is 0 Å². The number of hydrogen-bond acceptors (Lipinski definition) is 5. The van der Waals surface area contributed by atoms with E-state index < -0.39 is 0 Å². The van der Waals surface area contributed by atoms with Crippen molar-refractivity contribution in [1.29, 1.82) is 0 Å². The Morgan fingerprint density at radius 1 is 1.06 bits per heavy atom. The van der Waals surface area contributed by atoms with E-state index in [0.717, 1.165) is 5.56 Å². The van der Waals surface area contributed by atoms with E-state index in [0.29, 0.717) is 17.0 Å². The van der Waals surface area contributed by atoms with E-state index >= 15 is 0 Å². The molecule has 6 nitrogen and oxygen atoms in total. The van der Waals surface area contributed by atoms with Crippen LogP contribution >= 0.6 is 11.6 Å². The number of hydrogen-bond donors (Lipinski definition) is 0. The highest BCUT2D eigenvalue weighted by Crippen LogP contribution is 2.33. The fraction of sp³-hybridized carbons (Fsp3) is 0. The molecule has 1 aliphatic carbocycles. The lowest BCUT2D eigenvalue weighted by molar-refractivity contribution is 0.103. The third kappa shape index (κ3) is 1.05. The molecule has 7 heteroatoms. The van der Waals surface area contributed by atoms with Crippen LogP contribution in [-0.2, 0) is 0 Å². The minimum Gasteiger partial charge on any atom is -0.287 e. The lowest BCUT2D eigenvalue weighted by Gasteiger charge is -1.98. The Morgan fingerprint density at radius 3 is 2.67 bits per heavy atom. The van der Waals surface area contributed by atoms with Crippen molar-refractivity contribution in [2.75, 3.05) is 0 Å². The predicted molar refractivity (Wildman–Crippen MR) is 62.5 cm³/mol. The molecule has 0 unspecified atom stereocenters. The summed E-state index contributed by atoms with van der Waals surface area (Å²) in [4.78, 5) is 16.3. The Hall–Kier alpha value is -2.34. The van der Waals surface area contributed by atoms with Crippen molar-refractivity contribution in [3.05, 3.63) is 40.8 Å². The molecule has 0 bridgehead atoms. The second-order valence-corrected chi connectivity index (χ2v) is 4.20. The fourth-order valence-corrected chi connectivity index (χ4v) is 2.22.